The first-order chi connectivity index (χ1) is 10.3. The smallest absolute Gasteiger partial charge is 0.0764 e. The Morgan fingerprint density at radius 1 is 1.33 bits per heavy atom. The average molecular weight is 290 g/mol. The van der Waals surface area contributed by atoms with Gasteiger partial charge in [0.15, 0.2) is 0 Å². The molecular formula is C17H30N4. The summed E-state index contributed by atoms with van der Waals surface area (Å²) in [6.07, 6.45) is 8.54. The highest BCUT2D eigenvalue weighted by atomic mass is 15.3. The van der Waals surface area contributed by atoms with Crippen molar-refractivity contribution in [1.82, 2.24) is 20.0 Å². The van der Waals surface area contributed by atoms with Crippen LogP contribution in [0.3, 0.4) is 0 Å². The molecule has 3 heterocycles. The molecule has 118 valence electrons. The molecule has 2 saturated heterocycles. The lowest BCUT2D eigenvalue weighted by Gasteiger charge is -2.41. The first kappa shape index (κ1) is 15.0. The van der Waals surface area contributed by atoms with Crippen LogP contribution in [0.25, 0.3) is 0 Å². The van der Waals surface area contributed by atoms with Crippen LogP contribution in [0.15, 0.2) is 12.3 Å². The number of nitrogens with one attached hydrogen (secondary N) is 1. The molecule has 0 aromatic carbocycles. The van der Waals surface area contributed by atoms with Crippen molar-refractivity contribution < 1.29 is 0 Å². The van der Waals surface area contributed by atoms with Crippen molar-refractivity contribution >= 4 is 0 Å². The quantitative estimate of drug-likeness (QED) is 0.905. The predicted molar refractivity (Wildman–Crippen MR) is 86.3 cm³/mol. The minimum atomic E-state index is 0.562. The molecule has 0 saturated carbocycles. The van der Waals surface area contributed by atoms with Crippen LogP contribution in [-0.4, -0.2) is 40.4 Å². The summed E-state index contributed by atoms with van der Waals surface area (Å²) in [4.78, 5) is 2.60. The Morgan fingerprint density at radius 2 is 2.19 bits per heavy atom. The monoisotopic (exact) mass is 290 g/mol. The number of nitrogens with zero attached hydrogens (tertiary/aromatic N) is 3. The van der Waals surface area contributed by atoms with Crippen molar-refractivity contribution in [3.8, 4) is 0 Å². The van der Waals surface area contributed by atoms with Crippen LogP contribution in [0.5, 0.6) is 0 Å². The predicted octanol–water partition coefficient (Wildman–Crippen LogP) is 2.82. The molecule has 2 unspecified atom stereocenters. The van der Waals surface area contributed by atoms with Crippen molar-refractivity contribution in [2.24, 2.45) is 5.92 Å². The molecule has 0 bridgehead atoms. The van der Waals surface area contributed by atoms with Crippen LogP contribution in [0, 0.1) is 5.92 Å². The van der Waals surface area contributed by atoms with Crippen molar-refractivity contribution in [2.45, 2.75) is 64.6 Å². The van der Waals surface area contributed by atoms with E-state index in [1.807, 2.05) is 0 Å². The summed E-state index contributed by atoms with van der Waals surface area (Å²) in [5.41, 5.74) is 1.24. The molecule has 0 aliphatic carbocycles. The molecule has 2 fully saturated rings. The van der Waals surface area contributed by atoms with Gasteiger partial charge in [-0.15, -0.1) is 0 Å². The molecule has 21 heavy (non-hydrogen) atoms. The van der Waals surface area contributed by atoms with E-state index in [2.05, 4.69) is 41.0 Å². The zero-order valence-corrected chi connectivity index (χ0v) is 13.6. The van der Waals surface area contributed by atoms with Crippen LogP contribution < -0.4 is 5.32 Å². The van der Waals surface area contributed by atoms with Crippen molar-refractivity contribution in [3.63, 3.8) is 0 Å². The fourth-order valence-electron chi connectivity index (χ4n) is 4.02. The summed E-state index contributed by atoms with van der Waals surface area (Å²) >= 11 is 0. The van der Waals surface area contributed by atoms with E-state index < -0.39 is 0 Å². The van der Waals surface area contributed by atoms with Crippen LogP contribution in [0.2, 0.25) is 0 Å². The molecule has 1 aromatic heterocycles. The summed E-state index contributed by atoms with van der Waals surface area (Å²) in [6.45, 7) is 9.20. The number of aromatic nitrogens is 2. The number of hydrogen-bond donors (Lipinski definition) is 1. The lowest BCUT2D eigenvalue weighted by molar-refractivity contribution is 0.107. The van der Waals surface area contributed by atoms with Crippen LogP contribution in [0.4, 0.5) is 0 Å². The summed E-state index contributed by atoms with van der Waals surface area (Å²) in [5.74, 6) is 0.855. The molecule has 2 atom stereocenters. The number of hydrogen-bond acceptors (Lipinski definition) is 3. The van der Waals surface area contributed by atoms with Crippen LogP contribution >= 0.6 is 0 Å². The van der Waals surface area contributed by atoms with Gasteiger partial charge in [-0.05, 0) is 50.6 Å². The molecule has 0 radical (unpaired) electrons. The Labute approximate surface area is 128 Å². The van der Waals surface area contributed by atoms with Gasteiger partial charge < -0.3 is 5.32 Å². The van der Waals surface area contributed by atoms with E-state index in [4.69, 9.17) is 5.10 Å². The van der Waals surface area contributed by atoms with Gasteiger partial charge in [0.25, 0.3) is 0 Å². The van der Waals surface area contributed by atoms with E-state index >= 15 is 0 Å². The number of likely N-dealkylation sites (tertiary alicyclic amines) is 1. The second-order valence-electron chi connectivity index (χ2n) is 6.74. The minimum absolute atomic E-state index is 0.562. The molecule has 0 amide bonds. The van der Waals surface area contributed by atoms with Gasteiger partial charge in [0.2, 0.25) is 0 Å². The van der Waals surface area contributed by atoms with E-state index in [0.717, 1.165) is 31.3 Å². The maximum Gasteiger partial charge on any atom is 0.0764 e. The van der Waals surface area contributed by atoms with Gasteiger partial charge in [-0.3, -0.25) is 9.58 Å². The third kappa shape index (κ3) is 3.49. The van der Waals surface area contributed by atoms with Gasteiger partial charge in [-0.25, -0.2) is 0 Å². The first-order valence-corrected chi connectivity index (χ1v) is 8.80. The van der Waals surface area contributed by atoms with Gasteiger partial charge in [0.05, 0.1) is 11.7 Å². The molecular weight excluding hydrogens is 260 g/mol. The zero-order valence-electron chi connectivity index (χ0n) is 13.6. The Morgan fingerprint density at radius 3 is 3.00 bits per heavy atom. The highest BCUT2D eigenvalue weighted by molar-refractivity contribution is 5.01. The Kier molecular flexibility index (Phi) is 4.96. The summed E-state index contributed by atoms with van der Waals surface area (Å²) in [6, 6.07) is 3.55. The molecule has 3 rings (SSSR count). The molecule has 4 nitrogen and oxygen atoms in total. The summed E-state index contributed by atoms with van der Waals surface area (Å²) in [7, 11) is 0. The molecule has 4 heteroatoms. The topological polar surface area (TPSA) is 33.1 Å². The number of piperidine rings is 2. The average Bonchev–Trinajstić information content (AvgIpc) is 2.97. The normalized spacial score (nSPS) is 27.0. The Bertz CT molecular complexity index is 438. The zero-order chi connectivity index (χ0) is 14.7. The van der Waals surface area contributed by atoms with Gasteiger partial charge in [0, 0.05) is 31.9 Å². The minimum Gasteiger partial charge on any atom is -0.314 e. The van der Waals surface area contributed by atoms with Crippen molar-refractivity contribution in [2.75, 3.05) is 19.6 Å². The van der Waals surface area contributed by atoms with E-state index in [0.29, 0.717) is 6.04 Å². The molecule has 2 aliphatic heterocycles. The highest BCUT2D eigenvalue weighted by Crippen LogP contribution is 2.25. The van der Waals surface area contributed by atoms with E-state index in [9.17, 15) is 0 Å². The van der Waals surface area contributed by atoms with Crippen molar-refractivity contribution in [1.29, 1.82) is 0 Å². The molecule has 0 spiro atoms. The number of rotatable bonds is 5. The highest BCUT2D eigenvalue weighted by Gasteiger charge is 2.30. The third-order valence-corrected chi connectivity index (χ3v) is 5.34. The lowest BCUT2D eigenvalue weighted by Crippen LogP contribution is -2.51. The van der Waals surface area contributed by atoms with Gasteiger partial charge >= 0.3 is 0 Å². The van der Waals surface area contributed by atoms with Gasteiger partial charge in [-0.1, -0.05) is 13.8 Å². The summed E-state index contributed by atoms with van der Waals surface area (Å²) < 4.78 is 2.17. The van der Waals surface area contributed by atoms with Crippen LogP contribution in [-0.2, 0) is 6.54 Å². The van der Waals surface area contributed by atoms with E-state index in [1.165, 1.54) is 44.6 Å². The van der Waals surface area contributed by atoms with Gasteiger partial charge in [0.1, 0.15) is 0 Å². The Hall–Kier alpha value is -0.870. The third-order valence-electron chi connectivity index (χ3n) is 5.34. The maximum absolute atomic E-state index is 4.81. The van der Waals surface area contributed by atoms with Crippen molar-refractivity contribution in [3.05, 3.63) is 18.0 Å². The summed E-state index contributed by atoms with van der Waals surface area (Å²) in [5, 5.41) is 8.50. The van der Waals surface area contributed by atoms with E-state index in [-0.39, 0.29) is 0 Å². The Balaban J connectivity index is 1.57. The van der Waals surface area contributed by atoms with E-state index in [1.54, 1.807) is 0 Å². The maximum atomic E-state index is 4.81. The largest absolute Gasteiger partial charge is 0.314 e. The second-order valence-corrected chi connectivity index (χ2v) is 6.74. The SMILES string of the molecule is CCC(CC)n1ccc(CN2CCC3NCCCC3C2)n1. The van der Waals surface area contributed by atoms with Crippen LogP contribution in [0.1, 0.15) is 57.7 Å². The molecule has 2 aliphatic rings. The fourth-order valence-corrected chi connectivity index (χ4v) is 4.02. The van der Waals surface area contributed by atoms with Gasteiger partial charge in [-0.2, -0.15) is 5.10 Å². The second kappa shape index (κ2) is 6.93. The molecule has 1 N–H and O–H groups in total. The standard InChI is InChI=1S/C17H30N4/c1-3-16(4-2)21-11-7-15(19-21)13-20-10-8-17-14(12-20)6-5-9-18-17/h7,11,14,16-18H,3-6,8-10,12-13H2,1-2H3. The molecule has 1 aromatic rings. The lowest BCUT2D eigenvalue weighted by atomic mass is 9.85. The first-order valence-electron chi connectivity index (χ1n) is 8.80. The number of fused-ring (bicyclic) bond motifs is 1. The fraction of sp³-hybridized carbons (Fsp3) is 0.824.